The van der Waals surface area contributed by atoms with Crippen LogP contribution >= 0.6 is 11.6 Å². The molecule has 0 unspecified atom stereocenters. The Bertz CT molecular complexity index is 943. The van der Waals surface area contributed by atoms with Crippen LogP contribution in [0, 0.1) is 0 Å². The predicted molar refractivity (Wildman–Crippen MR) is 111 cm³/mol. The van der Waals surface area contributed by atoms with E-state index in [1.165, 1.54) is 12.1 Å². The number of hydrogen-bond acceptors (Lipinski definition) is 7. The third kappa shape index (κ3) is 6.87. The standard InChI is InChI=1S/C20H26ClF3N3O7/c1-19(2,3)14-10-16-12(9-15(14)21)8-13(17(34-16)20(22,23)24)18(30)32-11-33-25-27(31)26(4-6-28)5-7-29/h8-10,17,28-29H,4-7,11H2,1-3H3,(H,25,31)/q+1/t17-/m0/s1. The molecule has 0 saturated carbocycles. The highest BCUT2D eigenvalue weighted by atomic mass is 35.5. The number of ether oxygens (including phenoxy) is 2. The summed E-state index contributed by atoms with van der Waals surface area (Å²) in [5.74, 6) is -1.46. The minimum Gasteiger partial charge on any atom is -0.475 e. The second-order valence-electron chi connectivity index (χ2n) is 8.19. The molecule has 0 aromatic heterocycles. The largest absolute Gasteiger partial charge is 0.475 e. The zero-order chi connectivity index (χ0) is 25.7. The maximum Gasteiger partial charge on any atom is 0.430 e. The molecule has 1 aromatic carbocycles. The number of alkyl halides is 3. The molecule has 34 heavy (non-hydrogen) atoms. The summed E-state index contributed by atoms with van der Waals surface area (Å²) in [7, 11) is 0. The van der Waals surface area contributed by atoms with E-state index < -0.39 is 36.0 Å². The molecule has 0 aliphatic carbocycles. The molecule has 3 N–H and O–H groups in total. The van der Waals surface area contributed by atoms with Gasteiger partial charge in [-0.25, -0.2) is 10.0 Å². The molecule has 1 aromatic rings. The van der Waals surface area contributed by atoms with Crippen molar-refractivity contribution < 1.29 is 52.7 Å². The van der Waals surface area contributed by atoms with Crippen molar-refractivity contribution in [2.75, 3.05) is 33.1 Å². The predicted octanol–water partition coefficient (Wildman–Crippen LogP) is 2.83. The average molecular weight is 513 g/mol. The van der Waals surface area contributed by atoms with Crippen molar-refractivity contribution >= 4 is 23.6 Å². The van der Waals surface area contributed by atoms with Gasteiger partial charge in [-0.15, -0.1) is 5.01 Å². The summed E-state index contributed by atoms with van der Waals surface area (Å²) in [4.78, 5) is 17.1. The van der Waals surface area contributed by atoms with Crippen LogP contribution in [-0.4, -0.2) is 76.7 Å². The van der Waals surface area contributed by atoms with Crippen LogP contribution < -0.4 is 4.74 Å². The first kappa shape index (κ1) is 27.5. The van der Waals surface area contributed by atoms with Crippen molar-refractivity contribution in [3.63, 3.8) is 0 Å². The molecule has 10 nitrogen and oxygen atoms in total. The van der Waals surface area contributed by atoms with Gasteiger partial charge in [0.15, 0.2) is 0 Å². The molecular weight excluding hydrogens is 487 g/mol. The Morgan fingerprint density at radius 2 is 1.85 bits per heavy atom. The van der Waals surface area contributed by atoms with E-state index in [1.807, 2.05) is 20.8 Å². The second-order valence-corrected chi connectivity index (χ2v) is 8.60. The molecule has 0 bridgehead atoms. The molecule has 0 radical (unpaired) electrons. The number of fused-ring (bicyclic) bond motifs is 1. The van der Waals surface area contributed by atoms with Crippen LogP contribution in [0.1, 0.15) is 31.9 Å². The van der Waals surface area contributed by atoms with Gasteiger partial charge >= 0.3 is 12.1 Å². The molecule has 1 aliphatic rings. The third-order valence-electron chi connectivity index (χ3n) is 4.62. The van der Waals surface area contributed by atoms with Gasteiger partial charge in [-0.1, -0.05) is 32.4 Å². The Morgan fingerprint density at radius 1 is 1.24 bits per heavy atom. The number of aliphatic hydroxyl groups excluding tert-OH is 2. The highest BCUT2D eigenvalue weighted by molar-refractivity contribution is 6.31. The van der Waals surface area contributed by atoms with E-state index in [0.29, 0.717) is 10.6 Å². The van der Waals surface area contributed by atoms with Crippen LogP contribution in [-0.2, 0) is 19.8 Å². The zero-order valence-corrected chi connectivity index (χ0v) is 19.4. The molecule has 0 fully saturated rings. The lowest BCUT2D eigenvalue weighted by Crippen LogP contribution is -2.41. The summed E-state index contributed by atoms with van der Waals surface area (Å²) in [6.07, 6.45) is -6.53. The Hall–Kier alpha value is -2.77. The summed E-state index contributed by atoms with van der Waals surface area (Å²) in [5, 5.41) is 31.9. The zero-order valence-electron chi connectivity index (χ0n) is 18.7. The lowest BCUT2D eigenvalue weighted by atomic mass is 9.85. The van der Waals surface area contributed by atoms with E-state index in [-0.39, 0.29) is 42.6 Å². The summed E-state index contributed by atoms with van der Waals surface area (Å²) >= 11 is 6.28. The number of aliphatic hydroxyl groups is 2. The fourth-order valence-electron chi connectivity index (χ4n) is 3.01. The van der Waals surface area contributed by atoms with E-state index in [0.717, 1.165) is 11.1 Å². The van der Waals surface area contributed by atoms with Gasteiger partial charge in [0, 0.05) is 10.6 Å². The van der Waals surface area contributed by atoms with Gasteiger partial charge in [0.2, 0.25) is 6.10 Å². The smallest absolute Gasteiger partial charge is 0.430 e. The van der Waals surface area contributed by atoms with Crippen LogP contribution in [0.25, 0.3) is 6.08 Å². The topological polar surface area (TPSA) is 124 Å². The summed E-state index contributed by atoms with van der Waals surface area (Å²) < 4.78 is 50.8. The number of esters is 1. The maximum absolute atomic E-state index is 13.7. The average Bonchev–Trinajstić information content (AvgIpc) is 2.73. The molecular formula is C20H26ClF3N3O7+. The van der Waals surface area contributed by atoms with Crippen molar-refractivity contribution in [1.82, 2.24) is 5.01 Å². The molecule has 190 valence electrons. The molecule has 2 rings (SSSR count). The highest BCUT2D eigenvalue weighted by Crippen LogP contribution is 2.42. The first-order valence-corrected chi connectivity index (χ1v) is 10.4. The fraction of sp³-hybridized carbons (Fsp3) is 0.550. The van der Waals surface area contributed by atoms with E-state index >= 15 is 0 Å². The van der Waals surface area contributed by atoms with Crippen LogP contribution in [0.2, 0.25) is 5.02 Å². The third-order valence-corrected chi connectivity index (χ3v) is 4.93. The number of carbonyl (C=O) groups is 1. The molecule has 1 atom stereocenters. The number of halogens is 4. The molecule has 0 saturated heterocycles. The van der Waals surface area contributed by atoms with Gasteiger partial charge in [0.25, 0.3) is 17.0 Å². The number of nitrogens with zero attached hydrogens (tertiary/aromatic N) is 3. The molecule has 0 amide bonds. The Morgan fingerprint density at radius 3 is 2.38 bits per heavy atom. The first-order chi connectivity index (χ1) is 15.8. The van der Waals surface area contributed by atoms with E-state index in [4.69, 9.17) is 26.6 Å². The fourth-order valence-corrected chi connectivity index (χ4v) is 3.47. The minimum atomic E-state index is -4.92. The van der Waals surface area contributed by atoms with Gasteiger partial charge in [0.1, 0.15) is 18.8 Å². The van der Waals surface area contributed by atoms with Crippen molar-refractivity contribution in [2.45, 2.75) is 38.5 Å². The Balaban J connectivity index is 2.21. The van der Waals surface area contributed by atoms with Crippen LogP contribution in [0.5, 0.6) is 5.75 Å². The van der Waals surface area contributed by atoms with Gasteiger partial charge in [-0.3, -0.25) is 4.84 Å². The quantitative estimate of drug-likeness (QED) is 0.115. The SMILES string of the molecule is CC(C)(C)c1cc2c(cc1Cl)C=C(C(=O)OCO/N=[N+](\O)N(CCO)CCO)[C@@H](C(F)(F)F)O2. The Kier molecular flexibility index (Phi) is 8.97. The summed E-state index contributed by atoms with van der Waals surface area (Å²) in [6.45, 7) is 3.60. The number of hydrazine groups is 1. The van der Waals surface area contributed by atoms with E-state index in [9.17, 15) is 23.2 Å². The molecule has 1 aliphatic heterocycles. The van der Waals surface area contributed by atoms with Gasteiger partial charge in [-0.05, 0) is 29.2 Å². The van der Waals surface area contributed by atoms with E-state index in [2.05, 4.69) is 14.9 Å². The van der Waals surface area contributed by atoms with Crippen molar-refractivity contribution in [3.05, 3.63) is 33.9 Å². The van der Waals surface area contributed by atoms with E-state index in [1.54, 1.807) is 0 Å². The highest BCUT2D eigenvalue weighted by Gasteiger charge is 2.49. The first-order valence-electron chi connectivity index (χ1n) is 10.0. The molecule has 0 spiro atoms. The summed E-state index contributed by atoms with van der Waals surface area (Å²) in [6, 6.07) is 2.82. The van der Waals surface area contributed by atoms with Crippen molar-refractivity contribution in [1.29, 1.82) is 0 Å². The van der Waals surface area contributed by atoms with Crippen molar-refractivity contribution in [3.8, 4) is 5.75 Å². The van der Waals surface area contributed by atoms with Gasteiger partial charge < -0.3 is 19.7 Å². The number of benzene rings is 1. The lowest BCUT2D eigenvalue weighted by Gasteiger charge is -2.30. The minimum absolute atomic E-state index is 0.0803. The maximum atomic E-state index is 13.7. The van der Waals surface area contributed by atoms with Gasteiger partial charge in [0.05, 0.1) is 18.8 Å². The van der Waals surface area contributed by atoms with Gasteiger partial charge in [-0.2, -0.15) is 13.2 Å². The number of carbonyl (C=O) groups excluding carboxylic acids is 1. The summed E-state index contributed by atoms with van der Waals surface area (Å²) in [5.41, 5.74) is -0.543. The van der Waals surface area contributed by atoms with Crippen molar-refractivity contribution in [2.24, 2.45) is 5.28 Å². The molecule has 1 heterocycles. The van der Waals surface area contributed by atoms with Crippen LogP contribution in [0.3, 0.4) is 0 Å². The lowest BCUT2D eigenvalue weighted by molar-refractivity contribution is -0.941. The normalized spacial score (nSPS) is 16.3. The second kappa shape index (κ2) is 11.1. The van der Waals surface area contributed by atoms with Crippen LogP contribution in [0.15, 0.2) is 23.0 Å². The Labute approximate surface area is 198 Å². The molecule has 14 heteroatoms. The number of rotatable bonds is 9. The van der Waals surface area contributed by atoms with Crippen LogP contribution in [0.4, 0.5) is 13.2 Å². The number of hydrogen-bond donors (Lipinski definition) is 3. The monoisotopic (exact) mass is 512 g/mol.